The molecule has 0 aliphatic rings. The van der Waals surface area contributed by atoms with Gasteiger partial charge in [0.05, 0.1) is 22.2 Å². The fraction of sp³-hybridized carbons (Fsp3) is 0.238. The summed E-state index contributed by atoms with van der Waals surface area (Å²) in [6, 6.07) is 4.04. The topological polar surface area (TPSA) is 130 Å². The van der Waals surface area contributed by atoms with Crippen LogP contribution in [0.1, 0.15) is 5.56 Å². The molecule has 13 heteroatoms. The van der Waals surface area contributed by atoms with Gasteiger partial charge in [-0.25, -0.2) is 9.59 Å². The number of hydrogen-bond donors (Lipinski definition) is 2. The lowest BCUT2D eigenvalue weighted by atomic mass is 9.99. The van der Waals surface area contributed by atoms with Gasteiger partial charge in [0, 0.05) is 33.8 Å². The van der Waals surface area contributed by atoms with Crippen LogP contribution in [0.3, 0.4) is 0 Å². The molecule has 0 saturated heterocycles. The average molecular weight is 476 g/mol. The van der Waals surface area contributed by atoms with E-state index in [0.29, 0.717) is 0 Å². The van der Waals surface area contributed by atoms with Gasteiger partial charge in [-0.15, -0.1) is 0 Å². The second-order valence-electron chi connectivity index (χ2n) is 7.85. The molecule has 0 saturated carbocycles. The number of hydrogen-bond acceptors (Lipinski definition) is 5. The van der Waals surface area contributed by atoms with Crippen molar-refractivity contribution < 1.29 is 13.2 Å². The Morgan fingerprint density at radius 1 is 0.765 bits per heavy atom. The van der Waals surface area contributed by atoms with Crippen LogP contribution in [0.4, 0.5) is 19.0 Å². The van der Waals surface area contributed by atoms with Crippen LogP contribution in [0.5, 0.6) is 0 Å². The summed E-state index contributed by atoms with van der Waals surface area (Å²) in [7, 11) is 5.21. The Morgan fingerprint density at radius 3 is 1.85 bits per heavy atom. The summed E-state index contributed by atoms with van der Waals surface area (Å²) in [5.41, 5.74) is 2.39. The molecule has 0 aliphatic carbocycles. The molecule has 0 spiro atoms. The lowest BCUT2D eigenvalue weighted by Crippen LogP contribution is -2.39. The molecule has 3 N–H and O–H groups in total. The highest BCUT2D eigenvalue weighted by molar-refractivity contribution is 6.04. The first kappa shape index (κ1) is 22.9. The highest BCUT2D eigenvalue weighted by Gasteiger charge is 2.31. The minimum atomic E-state index is -4.57. The number of nitrogens with one attached hydrogen (secondary N) is 1. The Bertz CT molecular complexity index is 1720. The number of aryl methyl sites for hydroxylation is 1. The van der Waals surface area contributed by atoms with Gasteiger partial charge >= 0.3 is 17.6 Å². The average Bonchev–Trinajstić information content (AvgIpc) is 3.19. The number of aromatic amines is 1. The van der Waals surface area contributed by atoms with Crippen LogP contribution >= 0.6 is 0 Å². The number of halogens is 3. The number of aromatic nitrogens is 5. The van der Waals surface area contributed by atoms with E-state index in [1.165, 1.54) is 40.3 Å². The van der Waals surface area contributed by atoms with E-state index in [1.807, 2.05) is 0 Å². The Kier molecular flexibility index (Phi) is 4.96. The third kappa shape index (κ3) is 3.11. The van der Waals surface area contributed by atoms with Crippen molar-refractivity contribution in [1.29, 1.82) is 0 Å². The third-order valence-electron chi connectivity index (χ3n) is 5.87. The van der Waals surface area contributed by atoms with E-state index in [2.05, 4.69) is 4.98 Å². The maximum atomic E-state index is 13.2. The summed E-state index contributed by atoms with van der Waals surface area (Å²) >= 11 is 0. The first-order chi connectivity index (χ1) is 15.8. The normalized spacial score (nSPS) is 12.0. The summed E-state index contributed by atoms with van der Waals surface area (Å²) in [6.45, 7) is 0. The number of rotatable bonds is 2. The molecule has 3 heterocycles. The molecule has 0 amide bonds. The lowest BCUT2D eigenvalue weighted by Gasteiger charge is -2.13. The van der Waals surface area contributed by atoms with Gasteiger partial charge in [0.25, 0.3) is 11.1 Å². The Labute approximate surface area is 187 Å². The fourth-order valence-corrected chi connectivity index (χ4v) is 3.91. The molecule has 10 nitrogen and oxygen atoms in total. The Balaban J connectivity index is 2.24. The number of nitrogens with zero attached hydrogens (tertiary/aromatic N) is 4. The maximum absolute atomic E-state index is 13.2. The summed E-state index contributed by atoms with van der Waals surface area (Å²) in [5, 5.41) is -0.0815. The van der Waals surface area contributed by atoms with E-state index in [9.17, 15) is 32.3 Å². The van der Waals surface area contributed by atoms with Gasteiger partial charge in [-0.3, -0.25) is 27.9 Å². The molecule has 34 heavy (non-hydrogen) atoms. The number of anilines is 1. The van der Waals surface area contributed by atoms with Gasteiger partial charge < -0.3 is 10.7 Å². The highest BCUT2D eigenvalue weighted by Crippen LogP contribution is 2.38. The second kappa shape index (κ2) is 7.37. The van der Waals surface area contributed by atoms with E-state index < -0.39 is 34.2 Å². The maximum Gasteiger partial charge on any atom is 0.416 e. The molecule has 0 atom stereocenters. The number of fused-ring (bicyclic) bond motifs is 1. The Morgan fingerprint density at radius 2 is 1.29 bits per heavy atom. The van der Waals surface area contributed by atoms with Crippen molar-refractivity contribution >= 4 is 16.9 Å². The molecular formula is C21H19F3N6O4. The largest absolute Gasteiger partial charge is 0.416 e. The molecule has 0 radical (unpaired) electrons. The first-order valence-corrected chi connectivity index (χ1v) is 9.82. The van der Waals surface area contributed by atoms with Gasteiger partial charge in [-0.2, -0.15) is 13.2 Å². The predicted molar refractivity (Wildman–Crippen MR) is 120 cm³/mol. The zero-order valence-corrected chi connectivity index (χ0v) is 18.4. The van der Waals surface area contributed by atoms with Crippen LogP contribution in [-0.2, 0) is 34.4 Å². The third-order valence-corrected chi connectivity index (χ3v) is 5.87. The lowest BCUT2D eigenvalue weighted by molar-refractivity contribution is -0.137. The van der Waals surface area contributed by atoms with Crippen LogP contribution in [0.2, 0.25) is 0 Å². The molecule has 0 fully saturated rings. The van der Waals surface area contributed by atoms with Gasteiger partial charge in [0.1, 0.15) is 11.5 Å². The number of nitrogen functional groups attached to an aromatic ring is 1. The number of alkyl halides is 3. The SMILES string of the molecule is Cn1c(N)c(-c2c(-c3ccc(C(F)(F)F)cc3)[nH]c3c2c(=O)n(C)c(=O)n3C)c(=O)n(C)c1=O. The zero-order chi connectivity index (χ0) is 25.3. The van der Waals surface area contributed by atoms with Crippen molar-refractivity contribution in [2.45, 2.75) is 6.18 Å². The molecule has 4 rings (SSSR count). The molecule has 0 bridgehead atoms. The number of nitrogens with two attached hydrogens (primary N) is 1. The van der Waals surface area contributed by atoms with E-state index in [0.717, 1.165) is 30.4 Å². The standard InChI is InChI=1S/C21H19F3N6O4/c1-27-15(25)12(17(31)29(3)19(27)33)11-13-16(28(2)20(34)30(4)18(13)32)26-14(11)9-5-7-10(8-6-9)21(22,23)24/h5-8,26H,25H2,1-4H3. The first-order valence-electron chi connectivity index (χ1n) is 9.82. The molecule has 1 aromatic carbocycles. The van der Waals surface area contributed by atoms with Crippen LogP contribution in [-0.4, -0.2) is 23.3 Å². The van der Waals surface area contributed by atoms with Crippen molar-refractivity contribution in [2.24, 2.45) is 28.2 Å². The van der Waals surface area contributed by atoms with Crippen molar-refractivity contribution in [2.75, 3.05) is 5.73 Å². The van der Waals surface area contributed by atoms with E-state index >= 15 is 0 Å². The molecule has 3 aromatic heterocycles. The quantitative estimate of drug-likeness (QED) is 0.444. The van der Waals surface area contributed by atoms with E-state index in [-0.39, 0.29) is 39.2 Å². The van der Waals surface area contributed by atoms with Crippen LogP contribution in [0.25, 0.3) is 33.4 Å². The summed E-state index contributed by atoms with van der Waals surface area (Å²) in [5.74, 6) is -0.252. The molecular weight excluding hydrogens is 457 g/mol. The number of benzene rings is 1. The van der Waals surface area contributed by atoms with Crippen molar-refractivity contribution in [3.05, 3.63) is 71.5 Å². The number of H-pyrrole nitrogens is 1. The van der Waals surface area contributed by atoms with Gasteiger partial charge in [0.2, 0.25) is 0 Å². The smallest absolute Gasteiger partial charge is 0.384 e. The van der Waals surface area contributed by atoms with E-state index in [1.54, 1.807) is 0 Å². The molecule has 178 valence electrons. The Hall–Kier alpha value is -4.29. The summed E-state index contributed by atoms with van der Waals surface area (Å²) in [4.78, 5) is 54.0. The van der Waals surface area contributed by atoms with Gasteiger partial charge in [0.15, 0.2) is 0 Å². The van der Waals surface area contributed by atoms with Gasteiger partial charge in [-0.05, 0) is 17.7 Å². The molecule has 0 unspecified atom stereocenters. The predicted octanol–water partition coefficient (Wildman–Crippen LogP) is 0.898. The minimum Gasteiger partial charge on any atom is -0.384 e. The van der Waals surface area contributed by atoms with Crippen LogP contribution < -0.4 is 28.2 Å². The monoisotopic (exact) mass is 476 g/mol. The summed E-state index contributed by atoms with van der Waals surface area (Å²) in [6.07, 6.45) is -4.57. The van der Waals surface area contributed by atoms with E-state index in [4.69, 9.17) is 5.73 Å². The minimum absolute atomic E-state index is 0.0281. The van der Waals surface area contributed by atoms with Crippen LogP contribution in [0, 0.1) is 0 Å². The zero-order valence-electron chi connectivity index (χ0n) is 18.4. The van der Waals surface area contributed by atoms with Crippen molar-refractivity contribution in [3.8, 4) is 22.4 Å². The highest BCUT2D eigenvalue weighted by atomic mass is 19.4. The summed E-state index contributed by atoms with van der Waals surface area (Å²) < 4.78 is 43.0. The van der Waals surface area contributed by atoms with Crippen molar-refractivity contribution in [3.63, 3.8) is 0 Å². The fourth-order valence-electron chi connectivity index (χ4n) is 3.91. The van der Waals surface area contributed by atoms with Gasteiger partial charge in [-0.1, -0.05) is 12.1 Å². The molecule has 0 aliphatic heterocycles. The van der Waals surface area contributed by atoms with Crippen LogP contribution in [0.15, 0.2) is 43.4 Å². The molecule has 4 aromatic rings. The second-order valence-corrected chi connectivity index (χ2v) is 7.85. The van der Waals surface area contributed by atoms with Crippen molar-refractivity contribution in [1.82, 2.24) is 23.3 Å².